The zero-order chi connectivity index (χ0) is 12.1. The van der Waals surface area contributed by atoms with Crippen LogP contribution >= 0.6 is 0 Å². The van der Waals surface area contributed by atoms with E-state index in [1.165, 1.54) is 6.08 Å². The van der Waals surface area contributed by atoms with Crippen LogP contribution in [0.1, 0.15) is 27.2 Å². The van der Waals surface area contributed by atoms with E-state index < -0.39 is 11.6 Å². The molecule has 0 bridgehead atoms. The minimum atomic E-state index is -3.21. The van der Waals surface area contributed by atoms with E-state index in [0.717, 1.165) is 6.08 Å². The molecule has 0 aromatic heterocycles. The average Bonchev–Trinajstić information content (AvgIpc) is 2.14. The maximum Gasteiger partial charge on any atom is 0.286 e. The monoisotopic (exact) mass is 215 g/mol. The van der Waals surface area contributed by atoms with Gasteiger partial charge >= 0.3 is 0 Å². The number of alkyl halides is 2. The van der Waals surface area contributed by atoms with Crippen LogP contribution in [-0.4, -0.2) is 17.4 Å². The van der Waals surface area contributed by atoms with E-state index in [1.807, 2.05) is 0 Å². The normalized spacial score (nSPS) is 13.3. The molecule has 0 aliphatic heterocycles. The standard InChI is InChI=1S/C11H15F2NO/c1-4-6-8(9(15)5-2)7-10(14)11(3,12)13/h4,6-7,14H,5H2,1-3H3/b6-4?,8-7+,14-10?. The number of Topliss-reactive ketones (excluding diaryl/α,β-unsaturated/α-hetero) is 1. The molecule has 0 unspecified atom stereocenters. The van der Waals surface area contributed by atoms with Crippen molar-refractivity contribution in [3.63, 3.8) is 0 Å². The number of hydrogen-bond acceptors (Lipinski definition) is 2. The van der Waals surface area contributed by atoms with Gasteiger partial charge in [-0.2, -0.15) is 8.78 Å². The fraction of sp³-hybridized carbons (Fsp3) is 0.455. The molecule has 84 valence electrons. The van der Waals surface area contributed by atoms with Gasteiger partial charge in [-0.15, -0.1) is 0 Å². The molecule has 0 aromatic rings. The second kappa shape index (κ2) is 5.53. The van der Waals surface area contributed by atoms with E-state index in [1.54, 1.807) is 19.9 Å². The zero-order valence-electron chi connectivity index (χ0n) is 9.10. The van der Waals surface area contributed by atoms with Gasteiger partial charge in [-0.3, -0.25) is 10.2 Å². The number of nitrogens with one attached hydrogen (secondary N) is 1. The van der Waals surface area contributed by atoms with Crippen LogP contribution in [0.4, 0.5) is 8.78 Å². The average molecular weight is 215 g/mol. The molecule has 0 aliphatic carbocycles. The molecular weight excluding hydrogens is 200 g/mol. The Morgan fingerprint density at radius 1 is 1.47 bits per heavy atom. The van der Waals surface area contributed by atoms with Crippen LogP contribution in [0.25, 0.3) is 0 Å². The van der Waals surface area contributed by atoms with Crippen molar-refractivity contribution in [2.24, 2.45) is 0 Å². The van der Waals surface area contributed by atoms with Crippen LogP contribution in [0.3, 0.4) is 0 Å². The highest BCUT2D eigenvalue weighted by Crippen LogP contribution is 2.16. The Bertz CT molecular complexity index is 311. The second-order valence-electron chi connectivity index (χ2n) is 3.18. The highest BCUT2D eigenvalue weighted by molar-refractivity contribution is 6.07. The summed E-state index contributed by atoms with van der Waals surface area (Å²) in [7, 11) is 0. The SMILES string of the molecule is CC=C/C(=C\C(=N)C(C)(F)F)C(=O)CC. The molecule has 0 aromatic carbocycles. The molecule has 15 heavy (non-hydrogen) atoms. The lowest BCUT2D eigenvalue weighted by Gasteiger charge is -2.08. The minimum Gasteiger partial charge on any atom is -0.299 e. The molecule has 0 amide bonds. The maximum absolute atomic E-state index is 12.7. The molecular formula is C11H15F2NO. The molecule has 0 saturated heterocycles. The van der Waals surface area contributed by atoms with Crippen molar-refractivity contribution in [2.45, 2.75) is 33.1 Å². The number of halogens is 2. The van der Waals surface area contributed by atoms with Crippen LogP contribution in [0.15, 0.2) is 23.8 Å². The third-order valence-corrected chi connectivity index (χ3v) is 1.76. The Morgan fingerprint density at radius 3 is 2.33 bits per heavy atom. The van der Waals surface area contributed by atoms with Gasteiger partial charge in [-0.25, -0.2) is 0 Å². The number of carbonyl (C=O) groups excluding carboxylic acids is 1. The van der Waals surface area contributed by atoms with E-state index in [-0.39, 0.29) is 17.8 Å². The maximum atomic E-state index is 12.7. The first kappa shape index (κ1) is 13.7. The van der Waals surface area contributed by atoms with Gasteiger partial charge in [0, 0.05) is 18.9 Å². The highest BCUT2D eigenvalue weighted by atomic mass is 19.3. The van der Waals surface area contributed by atoms with Crippen molar-refractivity contribution >= 4 is 11.5 Å². The van der Waals surface area contributed by atoms with Crippen LogP contribution in [0.5, 0.6) is 0 Å². The fourth-order valence-corrected chi connectivity index (χ4v) is 0.887. The Kier molecular flexibility index (Phi) is 5.05. The predicted octanol–water partition coefficient (Wildman–Crippen LogP) is 3.14. The summed E-state index contributed by atoms with van der Waals surface area (Å²) in [5.41, 5.74) is -0.705. The molecule has 0 rings (SSSR count). The van der Waals surface area contributed by atoms with Crippen LogP contribution in [-0.2, 0) is 4.79 Å². The summed E-state index contributed by atoms with van der Waals surface area (Å²) in [5.74, 6) is -3.46. The van der Waals surface area contributed by atoms with Crippen LogP contribution in [0, 0.1) is 5.41 Å². The molecule has 4 heteroatoms. The first-order chi connectivity index (χ1) is 6.82. The van der Waals surface area contributed by atoms with Crippen LogP contribution < -0.4 is 0 Å². The van der Waals surface area contributed by atoms with Gasteiger partial charge in [0.15, 0.2) is 5.78 Å². The largest absolute Gasteiger partial charge is 0.299 e. The molecule has 0 heterocycles. The lowest BCUT2D eigenvalue weighted by molar-refractivity contribution is -0.114. The summed E-state index contributed by atoms with van der Waals surface area (Å²) in [6.07, 6.45) is 4.18. The molecule has 1 N–H and O–H groups in total. The van der Waals surface area contributed by atoms with Crippen molar-refractivity contribution in [2.75, 3.05) is 0 Å². The number of carbonyl (C=O) groups is 1. The predicted molar refractivity (Wildman–Crippen MR) is 56.5 cm³/mol. The number of hydrogen-bond donors (Lipinski definition) is 1. The van der Waals surface area contributed by atoms with Crippen molar-refractivity contribution in [3.8, 4) is 0 Å². The second-order valence-corrected chi connectivity index (χ2v) is 3.18. The van der Waals surface area contributed by atoms with E-state index in [0.29, 0.717) is 6.92 Å². The molecule has 0 spiro atoms. The van der Waals surface area contributed by atoms with Crippen molar-refractivity contribution in [3.05, 3.63) is 23.8 Å². The number of allylic oxidation sites excluding steroid dienone is 4. The van der Waals surface area contributed by atoms with Gasteiger partial charge in [-0.1, -0.05) is 19.1 Å². The van der Waals surface area contributed by atoms with Gasteiger partial charge < -0.3 is 0 Å². The Balaban J connectivity index is 5.01. The molecule has 0 fully saturated rings. The minimum absolute atomic E-state index is 0.145. The Labute approximate surface area is 88.2 Å². The zero-order valence-corrected chi connectivity index (χ0v) is 9.10. The smallest absolute Gasteiger partial charge is 0.286 e. The van der Waals surface area contributed by atoms with E-state index in [9.17, 15) is 13.6 Å². The summed E-state index contributed by atoms with van der Waals surface area (Å²) in [5, 5.41) is 7.10. The summed E-state index contributed by atoms with van der Waals surface area (Å²) in [6, 6.07) is 0. The van der Waals surface area contributed by atoms with Gasteiger partial charge in [0.2, 0.25) is 0 Å². The van der Waals surface area contributed by atoms with Crippen LogP contribution in [0.2, 0.25) is 0 Å². The quantitative estimate of drug-likeness (QED) is 0.427. The van der Waals surface area contributed by atoms with Crippen molar-refractivity contribution < 1.29 is 13.6 Å². The first-order valence-corrected chi connectivity index (χ1v) is 4.67. The molecule has 2 nitrogen and oxygen atoms in total. The summed E-state index contributed by atoms with van der Waals surface area (Å²) >= 11 is 0. The van der Waals surface area contributed by atoms with Gasteiger partial charge in [0.1, 0.15) is 5.71 Å². The van der Waals surface area contributed by atoms with Gasteiger partial charge in [-0.05, 0) is 13.0 Å². The summed E-state index contributed by atoms with van der Waals surface area (Å²) in [4.78, 5) is 11.3. The Hall–Kier alpha value is -1.32. The third-order valence-electron chi connectivity index (χ3n) is 1.76. The van der Waals surface area contributed by atoms with Crippen molar-refractivity contribution in [1.29, 1.82) is 5.41 Å². The third kappa shape index (κ3) is 4.63. The molecule has 0 saturated carbocycles. The highest BCUT2D eigenvalue weighted by Gasteiger charge is 2.26. The number of ketones is 1. The van der Waals surface area contributed by atoms with E-state index in [4.69, 9.17) is 5.41 Å². The van der Waals surface area contributed by atoms with E-state index >= 15 is 0 Å². The topological polar surface area (TPSA) is 40.9 Å². The molecule has 0 aliphatic rings. The molecule has 0 radical (unpaired) electrons. The lowest BCUT2D eigenvalue weighted by Crippen LogP contribution is -2.22. The van der Waals surface area contributed by atoms with Crippen molar-refractivity contribution in [1.82, 2.24) is 0 Å². The Morgan fingerprint density at radius 2 is 2.00 bits per heavy atom. The fourth-order valence-electron chi connectivity index (χ4n) is 0.887. The lowest BCUT2D eigenvalue weighted by atomic mass is 10.0. The van der Waals surface area contributed by atoms with Gasteiger partial charge in [0.25, 0.3) is 5.92 Å². The van der Waals surface area contributed by atoms with Gasteiger partial charge in [0.05, 0.1) is 0 Å². The number of rotatable bonds is 5. The van der Waals surface area contributed by atoms with E-state index in [2.05, 4.69) is 0 Å². The first-order valence-electron chi connectivity index (χ1n) is 4.67. The molecule has 0 atom stereocenters. The summed E-state index contributed by atoms with van der Waals surface area (Å²) < 4.78 is 25.4. The summed E-state index contributed by atoms with van der Waals surface area (Å²) in [6.45, 7) is 3.97.